The van der Waals surface area contributed by atoms with E-state index in [1.54, 1.807) is 12.1 Å². The molecule has 0 spiro atoms. The molecule has 1 aromatic carbocycles. The summed E-state index contributed by atoms with van der Waals surface area (Å²) in [6, 6.07) is 9.90. The lowest BCUT2D eigenvalue weighted by atomic mass is 10.3. The molecule has 7 heteroatoms. The van der Waals surface area contributed by atoms with Crippen molar-refractivity contribution in [2.75, 3.05) is 6.61 Å². The third-order valence-electron chi connectivity index (χ3n) is 2.35. The number of thiophene rings is 1. The van der Waals surface area contributed by atoms with Crippen molar-refractivity contribution >= 4 is 27.6 Å². The predicted molar refractivity (Wildman–Crippen MR) is 79.8 cm³/mol. The molecule has 0 aliphatic rings. The zero-order valence-corrected chi connectivity index (χ0v) is 12.4. The minimum absolute atomic E-state index is 0.143. The van der Waals surface area contributed by atoms with E-state index in [-0.39, 0.29) is 4.90 Å². The molecular weight excluding hydrogens is 296 g/mol. The van der Waals surface area contributed by atoms with Crippen molar-refractivity contribution in [2.24, 2.45) is 5.10 Å². The number of hydrogen-bond acceptors (Lipinski definition) is 5. The standard InChI is InChI=1S/C13H14N2O3S2/c1-2-18-11-5-7-13(8-6-11)20(16,17)15-14-10-12-4-3-9-19-12/h3-10,15H,2H2,1H3/b14-10+. The molecule has 0 unspecified atom stereocenters. The highest BCUT2D eigenvalue weighted by molar-refractivity contribution is 7.89. The molecule has 20 heavy (non-hydrogen) atoms. The fourth-order valence-electron chi connectivity index (χ4n) is 1.46. The van der Waals surface area contributed by atoms with Crippen molar-refractivity contribution in [1.82, 2.24) is 4.83 Å². The van der Waals surface area contributed by atoms with Crippen molar-refractivity contribution in [3.05, 3.63) is 46.7 Å². The Morgan fingerprint density at radius 3 is 2.65 bits per heavy atom. The summed E-state index contributed by atoms with van der Waals surface area (Å²) >= 11 is 1.48. The summed E-state index contributed by atoms with van der Waals surface area (Å²) in [5.41, 5.74) is 0. The third-order valence-corrected chi connectivity index (χ3v) is 4.40. The van der Waals surface area contributed by atoms with Crippen LogP contribution >= 0.6 is 11.3 Å². The molecule has 0 aliphatic carbocycles. The maximum atomic E-state index is 12.0. The smallest absolute Gasteiger partial charge is 0.276 e. The van der Waals surface area contributed by atoms with Crippen LogP contribution in [0.1, 0.15) is 11.8 Å². The topological polar surface area (TPSA) is 67.8 Å². The van der Waals surface area contributed by atoms with E-state index in [1.807, 2.05) is 24.4 Å². The molecule has 0 saturated heterocycles. The molecule has 0 aliphatic heterocycles. The summed E-state index contributed by atoms with van der Waals surface area (Å²) in [6.07, 6.45) is 1.47. The van der Waals surface area contributed by atoms with Gasteiger partial charge in [-0.25, -0.2) is 4.83 Å². The van der Waals surface area contributed by atoms with E-state index in [2.05, 4.69) is 9.93 Å². The largest absolute Gasteiger partial charge is 0.494 e. The summed E-state index contributed by atoms with van der Waals surface area (Å²) in [5.74, 6) is 0.633. The van der Waals surface area contributed by atoms with Gasteiger partial charge in [0.05, 0.1) is 17.7 Å². The molecule has 0 amide bonds. The summed E-state index contributed by atoms with van der Waals surface area (Å²) in [5, 5.41) is 5.63. The van der Waals surface area contributed by atoms with Gasteiger partial charge in [-0.15, -0.1) is 11.3 Å². The number of sulfonamides is 1. The van der Waals surface area contributed by atoms with Crippen molar-refractivity contribution in [3.8, 4) is 5.75 Å². The zero-order valence-electron chi connectivity index (χ0n) is 10.8. The minimum Gasteiger partial charge on any atom is -0.494 e. The first-order chi connectivity index (χ1) is 9.62. The van der Waals surface area contributed by atoms with Gasteiger partial charge < -0.3 is 4.74 Å². The van der Waals surface area contributed by atoms with Gasteiger partial charge in [0.25, 0.3) is 10.0 Å². The highest BCUT2D eigenvalue weighted by Gasteiger charge is 2.12. The summed E-state index contributed by atoms with van der Waals surface area (Å²) in [7, 11) is -3.64. The van der Waals surface area contributed by atoms with E-state index >= 15 is 0 Å². The molecule has 2 rings (SSSR count). The molecule has 0 bridgehead atoms. The molecule has 5 nitrogen and oxygen atoms in total. The van der Waals surface area contributed by atoms with Crippen LogP contribution in [0.4, 0.5) is 0 Å². The van der Waals surface area contributed by atoms with Gasteiger partial charge in [0.2, 0.25) is 0 Å². The highest BCUT2D eigenvalue weighted by Crippen LogP contribution is 2.15. The summed E-state index contributed by atoms with van der Waals surface area (Å²) < 4.78 is 29.2. The van der Waals surface area contributed by atoms with Crippen molar-refractivity contribution in [2.45, 2.75) is 11.8 Å². The van der Waals surface area contributed by atoms with Crippen molar-refractivity contribution in [3.63, 3.8) is 0 Å². The first-order valence-electron chi connectivity index (χ1n) is 5.93. The molecule has 0 atom stereocenters. The minimum atomic E-state index is -3.64. The van der Waals surface area contributed by atoms with Gasteiger partial charge in [-0.05, 0) is 42.6 Å². The fourth-order valence-corrected chi connectivity index (χ4v) is 2.83. The normalized spacial score (nSPS) is 11.7. The number of ether oxygens (including phenoxy) is 1. The lowest BCUT2D eigenvalue weighted by Crippen LogP contribution is -2.18. The molecule has 1 heterocycles. The van der Waals surface area contributed by atoms with E-state index in [1.165, 1.54) is 29.7 Å². The first kappa shape index (κ1) is 14.5. The SMILES string of the molecule is CCOc1ccc(S(=O)(=O)N/N=C/c2cccs2)cc1. The first-order valence-corrected chi connectivity index (χ1v) is 8.29. The zero-order chi connectivity index (χ0) is 14.4. The molecular formula is C13H14N2O3S2. The average Bonchev–Trinajstić information content (AvgIpc) is 2.93. The van der Waals surface area contributed by atoms with Crippen LogP contribution in [0.25, 0.3) is 0 Å². The number of nitrogens with zero attached hydrogens (tertiary/aromatic N) is 1. The van der Waals surface area contributed by atoms with Gasteiger partial charge >= 0.3 is 0 Å². The van der Waals surface area contributed by atoms with Gasteiger partial charge in [-0.2, -0.15) is 13.5 Å². The van der Waals surface area contributed by atoms with E-state index in [4.69, 9.17) is 4.74 Å². The average molecular weight is 310 g/mol. The number of rotatable bonds is 6. The second kappa shape index (κ2) is 6.53. The second-order valence-corrected chi connectivity index (χ2v) is 6.41. The Morgan fingerprint density at radius 2 is 2.05 bits per heavy atom. The summed E-state index contributed by atoms with van der Waals surface area (Å²) in [4.78, 5) is 3.19. The summed E-state index contributed by atoms with van der Waals surface area (Å²) in [6.45, 7) is 2.40. The van der Waals surface area contributed by atoms with Crippen LogP contribution in [0.15, 0.2) is 51.8 Å². The van der Waals surface area contributed by atoms with Gasteiger partial charge in [0.15, 0.2) is 0 Å². The van der Waals surface area contributed by atoms with Gasteiger partial charge in [-0.1, -0.05) is 6.07 Å². The fraction of sp³-hybridized carbons (Fsp3) is 0.154. The van der Waals surface area contributed by atoms with E-state index < -0.39 is 10.0 Å². The van der Waals surface area contributed by atoms with Crippen LogP contribution in [0.5, 0.6) is 5.75 Å². The number of hydrazone groups is 1. The van der Waals surface area contributed by atoms with Gasteiger partial charge in [0.1, 0.15) is 5.75 Å². The van der Waals surface area contributed by atoms with E-state index in [9.17, 15) is 8.42 Å². The lowest BCUT2D eigenvalue weighted by molar-refractivity contribution is 0.340. The quantitative estimate of drug-likeness (QED) is 0.658. The Kier molecular flexibility index (Phi) is 4.75. The molecule has 1 N–H and O–H groups in total. The van der Waals surface area contributed by atoms with E-state index in [0.29, 0.717) is 12.4 Å². The molecule has 0 fully saturated rings. The van der Waals surface area contributed by atoms with Crippen LogP contribution in [0.2, 0.25) is 0 Å². The number of hydrogen-bond donors (Lipinski definition) is 1. The Labute approximate surface area is 122 Å². The Morgan fingerprint density at radius 1 is 1.30 bits per heavy atom. The van der Waals surface area contributed by atoms with Crippen LogP contribution < -0.4 is 9.57 Å². The second-order valence-electron chi connectivity index (χ2n) is 3.77. The van der Waals surface area contributed by atoms with Crippen LogP contribution in [-0.4, -0.2) is 21.2 Å². The number of benzene rings is 1. The third kappa shape index (κ3) is 3.82. The van der Waals surface area contributed by atoms with Crippen molar-refractivity contribution in [1.29, 1.82) is 0 Å². The Bertz CT molecular complexity index is 662. The van der Waals surface area contributed by atoms with E-state index in [0.717, 1.165) is 4.88 Å². The Balaban J connectivity index is 2.06. The molecule has 106 valence electrons. The maximum absolute atomic E-state index is 12.0. The van der Waals surface area contributed by atoms with Crippen LogP contribution in [0.3, 0.4) is 0 Å². The Hall–Kier alpha value is -1.86. The molecule has 2 aromatic rings. The lowest BCUT2D eigenvalue weighted by Gasteiger charge is -2.05. The number of nitrogens with one attached hydrogen (secondary N) is 1. The van der Waals surface area contributed by atoms with Crippen molar-refractivity contribution < 1.29 is 13.2 Å². The molecule has 0 radical (unpaired) electrons. The van der Waals surface area contributed by atoms with Crippen LogP contribution in [-0.2, 0) is 10.0 Å². The van der Waals surface area contributed by atoms with Crippen LogP contribution in [0, 0.1) is 0 Å². The monoisotopic (exact) mass is 310 g/mol. The molecule has 1 aromatic heterocycles. The maximum Gasteiger partial charge on any atom is 0.276 e. The van der Waals surface area contributed by atoms with Gasteiger partial charge in [-0.3, -0.25) is 0 Å². The van der Waals surface area contributed by atoms with Gasteiger partial charge in [0, 0.05) is 4.88 Å². The molecule has 0 saturated carbocycles. The highest BCUT2D eigenvalue weighted by atomic mass is 32.2. The predicted octanol–water partition coefficient (Wildman–Crippen LogP) is 2.46.